The SMILES string of the molecule is Cc1ncc(Cn2c(=S)[nH]c3cc(Cl)c(F)cc32)s1. The Bertz CT molecular complexity index is 818. The molecule has 0 aliphatic carbocycles. The average molecular weight is 314 g/mol. The Hall–Kier alpha value is -1.24. The molecule has 1 N–H and O–H groups in total. The average Bonchev–Trinajstić information content (AvgIpc) is 2.87. The molecule has 2 aromatic heterocycles. The first kappa shape index (κ1) is 12.8. The van der Waals surface area contributed by atoms with Gasteiger partial charge in [-0.2, -0.15) is 0 Å². The molecule has 3 rings (SSSR count). The number of hydrogen-bond acceptors (Lipinski definition) is 3. The predicted octanol–water partition coefficient (Wildman–Crippen LogP) is 4.30. The van der Waals surface area contributed by atoms with Gasteiger partial charge in [-0.05, 0) is 25.2 Å². The zero-order chi connectivity index (χ0) is 13.6. The maximum atomic E-state index is 13.6. The van der Waals surface area contributed by atoms with Crippen molar-refractivity contribution in [2.45, 2.75) is 13.5 Å². The molecule has 0 spiro atoms. The molecule has 0 aliphatic heterocycles. The van der Waals surface area contributed by atoms with Gasteiger partial charge in [-0.25, -0.2) is 9.37 Å². The number of nitrogens with one attached hydrogen (secondary N) is 1. The van der Waals surface area contributed by atoms with Crippen molar-refractivity contribution in [3.05, 3.63) is 43.8 Å². The zero-order valence-electron chi connectivity index (χ0n) is 9.91. The van der Waals surface area contributed by atoms with E-state index < -0.39 is 5.82 Å². The molecule has 0 saturated carbocycles. The van der Waals surface area contributed by atoms with E-state index in [1.807, 2.05) is 17.7 Å². The number of aromatic nitrogens is 3. The lowest BCUT2D eigenvalue weighted by atomic mass is 10.3. The lowest BCUT2D eigenvalue weighted by Gasteiger charge is -2.02. The molecule has 0 atom stereocenters. The Morgan fingerprint density at radius 1 is 1.53 bits per heavy atom. The standard InChI is InChI=1S/C12H9ClFN3S2/c1-6-15-4-7(19-6)5-17-11-3-9(14)8(13)2-10(11)16-12(17)18/h2-4H,5H2,1H3,(H,16,18). The molecule has 0 bridgehead atoms. The van der Waals surface area contributed by atoms with Crippen LogP contribution in [0.15, 0.2) is 18.3 Å². The van der Waals surface area contributed by atoms with Crippen molar-refractivity contribution in [3.63, 3.8) is 0 Å². The molecule has 7 heteroatoms. The predicted molar refractivity (Wildman–Crippen MR) is 78.0 cm³/mol. The fraction of sp³-hybridized carbons (Fsp3) is 0.167. The Morgan fingerprint density at radius 2 is 2.32 bits per heavy atom. The van der Waals surface area contributed by atoms with Crippen LogP contribution in [0.3, 0.4) is 0 Å². The summed E-state index contributed by atoms with van der Waals surface area (Å²) in [5.41, 5.74) is 1.44. The summed E-state index contributed by atoms with van der Waals surface area (Å²) in [6, 6.07) is 2.95. The number of nitrogens with zero attached hydrogens (tertiary/aromatic N) is 2. The van der Waals surface area contributed by atoms with Crippen LogP contribution >= 0.6 is 35.2 Å². The number of benzene rings is 1. The van der Waals surface area contributed by atoms with Crippen LogP contribution < -0.4 is 0 Å². The zero-order valence-corrected chi connectivity index (χ0v) is 12.3. The largest absolute Gasteiger partial charge is 0.331 e. The van der Waals surface area contributed by atoms with Gasteiger partial charge >= 0.3 is 0 Å². The monoisotopic (exact) mass is 313 g/mol. The van der Waals surface area contributed by atoms with Gasteiger partial charge in [0.05, 0.1) is 27.6 Å². The summed E-state index contributed by atoms with van der Waals surface area (Å²) in [5.74, 6) is -0.447. The molecule has 0 saturated heterocycles. The Balaban J connectivity index is 2.15. The quantitative estimate of drug-likeness (QED) is 0.715. The van der Waals surface area contributed by atoms with Crippen LogP contribution in [0.2, 0.25) is 5.02 Å². The Kier molecular flexibility index (Phi) is 3.16. The molecule has 3 aromatic rings. The highest BCUT2D eigenvalue weighted by atomic mass is 35.5. The fourth-order valence-corrected chi connectivity index (χ4v) is 3.16. The number of thiazole rings is 1. The van der Waals surface area contributed by atoms with Crippen LogP contribution in [-0.4, -0.2) is 14.5 Å². The molecule has 1 aromatic carbocycles. The summed E-state index contributed by atoms with van der Waals surface area (Å²) < 4.78 is 16.0. The van der Waals surface area contributed by atoms with Gasteiger partial charge in [0.1, 0.15) is 5.82 Å². The smallest absolute Gasteiger partial charge is 0.178 e. The number of imidazole rings is 1. The second-order valence-corrected chi connectivity index (χ2v) is 6.26. The third-order valence-electron chi connectivity index (χ3n) is 2.80. The van der Waals surface area contributed by atoms with Crippen LogP contribution in [0.1, 0.15) is 9.88 Å². The minimum absolute atomic E-state index is 0.0875. The van der Waals surface area contributed by atoms with Gasteiger partial charge in [0.2, 0.25) is 0 Å². The molecule has 2 heterocycles. The highest BCUT2D eigenvalue weighted by molar-refractivity contribution is 7.71. The topological polar surface area (TPSA) is 33.6 Å². The van der Waals surface area contributed by atoms with Gasteiger partial charge in [0.15, 0.2) is 4.77 Å². The summed E-state index contributed by atoms with van der Waals surface area (Å²) in [5, 5.41) is 1.08. The Labute approximate surface area is 122 Å². The van der Waals surface area contributed by atoms with E-state index in [0.29, 0.717) is 16.8 Å². The number of aryl methyl sites for hydroxylation is 1. The van der Waals surface area contributed by atoms with Crippen molar-refractivity contribution in [2.75, 3.05) is 0 Å². The first-order valence-electron chi connectivity index (χ1n) is 5.53. The van der Waals surface area contributed by atoms with E-state index in [2.05, 4.69) is 9.97 Å². The number of rotatable bonds is 2. The summed E-state index contributed by atoms with van der Waals surface area (Å²) in [4.78, 5) is 8.31. The van der Waals surface area contributed by atoms with Gasteiger partial charge in [-0.15, -0.1) is 11.3 Å². The molecule has 0 unspecified atom stereocenters. The van der Waals surface area contributed by atoms with Gasteiger partial charge in [-0.1, -0.05) is 11.6 Å². The van der Waals surface area contributed by atoms with E-state index in [1.54, 1.807) is 17.4 Å². The van der Waals surface area contributed by atoms with Crippen molar-refractivity contribution >= 4 is 46.2 Å². The van der Waals surface area contributed by atoms with E-state index in [0.717, 1.165) is 15.4 Å². The highest BCUT2D eigenvalue weighted by Crippen LogP contribution is 2.24. The van der Waals surface area contributed by atoms with E-state index >= 15 is 0 Å². The number of aromatic amines is 1. The first-order chi connectivity index (χ1) is 9.04. The maximum absolute atomic E-state index is 13.6. The van der Waals surface area contributed by atoms with E-state index in [1.165, 1.54) is 6.07 Å². The molecular weight excluding hydrogens is 305 g/mol. The number of halogens is 2. The third kappa shape index (κ3) is 2.31. The van der Waals surface area contributed by atoms with Crippen molar-refractivity contribution in [3.8, 4) is 0 Å². The van der Waals surface area contributed by atoms with Crippen LogP contribution in [0.4, 0.5) is 4.39 Å². The van der Waals surface area contributed by atoms with E-state index in [9.17, 15) is 4.39 Å². The number of H-pyrrole nitrogens is 1. The van der Waals surface area contributed by atoms with Crippen LogP contribution in [0.5, 0.6) is 0 Å². The molecule has 0 amide bonds. The molecule has 3 nitrogen and oxygen atoms in total. The van der Waals surface area contributed by atoms with Crippen molar-refractivity contribution in [2.24, 2.45) is 0 Å². The second kappa shape index (κ2) is 4.70. The van der Waals surface area contributed by atoms with Crippen LogP contribution in [-0.2, 0) is 6.54 Å². The molecule has 19 heavy (non-hydrogen) atoms. The maximum Gasteiger partial charge on any atom is 0.178 e. The highest BCUT2D eigenvalue weighted by Gasteiger charge is 2.10. The van der Waals surface area contributed by atoms with Gasteiger partial charge in [-0.3, -0.25) is 0 Å². The number of fused-ring (bicyclic) bond motifs is 1. The van der Waals surface area contributed by atoms with Crippen LogP contribution in [0, 0.1) is 17.5 Å². The molecule has 0 fully saturated rings. The fourth-order valence-electron chi connectivity index (χ4n) is 1.94. The van der Waals surface area contributed by atoms with Crippen LogP contribution in [0.25, 0.3) is 11.0 Å². The van der Waals surface area contributed by atoms with Gasteiger partial charge in [0, 0.05) is 17.1 Å². The molecule has 0 aliphatic rings. The molecular formula is C12H9ClFN3S2. The lowest BCUT2D eigenvalue weighted by Crippen LogP contribution is -1.98. The second-order valence-electron chi connectivity index (χ2n) is 4.15. The minimum Gasteiger partial charge on any atom is -0.331 e. The summed E-state index contributed by atoms with van der Waals surface area (Å²) in [7, 11) is 0. The summed E-state index contributed by atoms with van der Waals surface area (Å²) in [6.45, 7) is 2.52. The van der Waals surface area contributed by atoms with Crippen molar-refractivity contribution < 1.29 is 4.39 Å². The van der Waals surface area contributed by atoms with E-state index in [-0.39, 0.29) is 5.02 Å². The summed E-state index contributed by atoms with van der Waals surface area (Å²) in [6.07, 6.45) is 1.81. The molecule has 98 valence electrons. The lowest BCUT2D eigenvalue weighted by molar-refractivity contribution is 0.629. The van der Waals surface area contributed by atoms with Crippen molar-refractivity contribution in [1.82, 2.24) is 14.5 Å². The van der Waals surface area contributed by atoms with Crippen molar-refractivity contribution in [1.29, 1.82) is 0 Å². The third-order valence-corrected chi connectivity index (χ3v) is 4.31. The summed E-state index contributed by atoms with van der Waals surface area (Å²) >= 11 is 12.6. The van der Waals surface area contributed by atoms with E-state index in [4.69, 9.17) is 23.8 Å². The minimum atomic E-state index is -0.447. The normalized spacial score (nSPS) is 11.3. The number of hydrogen-bond donors (Lipinski definition) is 1. The Morgan fingerprint density at radius 3 is 3.00 bits per heavy atom. The van der Waals surface area contributed by atoms with Gasteiger partial charge in [0.25, 0.3) is 0 Å². The first-order valence-corrected chi connectivity index (χ1v) is 7.14. The molecule has 0 radical (unpaired) electrons. The van der Waals surface area contributed by atoms with Gasteiger partial charge < -0.3 is 9.55 Å².